The summed E-state index contributed by atoms with van der Waals surface area (Å²) in [6.07, 6.45) is -5.17. The van der Waals surface area contributed by atoms with Gasteiger partial charge in [-0.2, -0.15) is 13.2 Å². The lowest BCUT2D eigenvalue weighted by Crippen LogP contribution is -2.19. The van der Waals surface area contributed by atoms with Crippen molar-refractivity contribution in [3.63, 3.8) is 0 Å². The molecule has 0 atom stereocenters. The number of ether oxygens (including phenoxy) is 2. The van der Waals surface area contributed by atoms with Crippen LogP contribution in [0, 0.1) is 5.82 Å². The molecule has 0 aliphatic rings. The van der Waals surface area contributed by atoms with Gasteiger partial charge in [0.05, 0.1) is 11.7 Å². The molecule has 0 unspecified atom stereocenters. The van der Waals surface area contributed by atoms with E-state index < -0.39 is 30.1 Å². The van der Waals surface area contributed by atoms with Gasteiger partial charge in [0.2, 0.25) is 0 Å². The smallest absolute Gasteiger partial charge is 0.419 e. The summed E-state index contributed by atoms with van der Waals surface area (Å²) < 4.78 is 59.8. The molecule has 1 aromatic carbocycles. The Kier molecular flexibility index (Phi) is 4.74. The lowest BCUT2D eigenvalue weighted by Gasteiger charge is -2.12. The first kappa shape index (κ1) is 15.3. The summed E-state index contributed by atoms with van der Waals surface area (Å²) in [5, 5.41) is 0. The SMILES string of the molecule is CC(C)OC(=O)COc1ccc(F)c(C(F)(F)F)c1. The van der Waals surface area contributed by atoms with Gasteiger partial charge in [-0.1, -0.05) is 0 Å². The van der Waals surface area contributed by atoms with Gasteiger partial charge in [-0.25, -0.2) is 9.18 Å². The number of esters is 1. The molecular formula is C12H12F4O3. The largest absolute Gasteiger partial charge is 0.482 e. The predicted molar refractivity (Wildman–Crippen MR) is 58.1 cm³/mol. The van der Waals surface area contributed by atoms with Crippen molar-refractivity contribution in [3.05, 3.63) is 29.6 Å². The number of halogens is 4. The molecule has 0 amide bonds. The Balaban J connectivity index is 2.73. The summed E-state index contributed by atoms with van der Waals surface area (Å²) >= 11 is 0. The van der Waals surface area contributed by atoms with Crippen molar-refractivity contribution in [2.24, 2.45) is 0 Å². The van der Waals surface area contributed by atoms with Crippen LogP contribution in [0.3, 0.4) is 0 Å². The van der Waals surface area contributed by atoms with Crippen LogP contribution in [0.1, 0.15) is 19.4 Å². The van der Waals surface area contributed by atoms with E-state index in [0.717, 1.165) is 6.07 Å². The average Bonchev–Trinajstić information content (AvgIpc) is 2.25. The number of carbonyl (C=O) groups excluding carboxylic acids is 1. The Bertz CT molecular complexity index is 455. The summed E-state index contributed by atoms with van der Waals surface area (Å²) in [6.45, 7) is 2.70. The summed E-state index contributed by atoms with van der Waals surface area (Å²) in [5.41, 5.74) is -1.44. The Morgan fingerprint density at radius 3 is 2.47 bits per heavy atom. The van der Waals surface area contributed by atoms with Crippen LogP contribution >= 0.6 is 0 Å². The fraction of sp³-hybridized carbons (Fsp3) is 0.417. The number of alkyl halides is 3. The van der Waals surface area contributed by atoms with Gasteiger partial charge < -0.3 is 9.47 Å². The molecule has 0 N–H and O–H groups in total. The average molecular weight is 280 g/mol. The second-order valence-electron chi connectivity index (χ2n) is 3.97. The first-order valence-electron chi connectivity index (χ1n) is 5.39. The number of hydrogen-bond donors (Lipinski definition) is 0. The molecule has 0 aliphatic carbocycles. The molecule has 1 aromatic rings. The summed E-state index contributed by atoms with van der Waals surface area (Å²) in [5.74, 6) is -2.37. The van der Waals surface area contributed by atoms with Gasteiger partial charge in [-0.05, 0) is 32.0 Å². The third-order valence-electron chi connectivity index (χ3n) is 1.97. The molecule has 0 spiro atoms. The van der Waals surface area contributed by atoms with Crippen LogP contribution in [0.25, 0.3) is 0 Å². The van der Waals surface area contributed by atoms with Crippen molar-refractivity contribution in [1.82, 2.24) is 0 Å². The van der Waals surface area contributed by atoms with Crippen LogP contribution in [0.2, 0.25) is 0 Å². The minimum absolute atomic E-state index is 0.255. The Hall–Kier alpha value is -1.79. The van der Waals surface area contributed by atoms with E-state index in [9.17, 15) is 22.4 Å². The number of hydrogen-bond acceptors (Lipinski definition) is 3. The highest BCUT2D eigenvalue weighted by Gasteiger charge is 2.34. The van der Waals surface area contributed by atoms with Crippen molar-refractivity contribution in [3.8, 4) is 5.75 Å². The zero-order valence-corrected chi connectivity index (χ0v) is 10.3. The molecule has 0 radical (unpaired) electrons. The second kappa shape index (κ2) is 5.90. The van der Waals surface area contributed by atoms with E-state index in [1.165, 1.54) is 0 Å². The second-order valence-corrected chi connectivity index (χ2v) is 3.97. The molecule has 0 heterocycles. The fourth-order valence-corrected chi connectivity index (χ4v) is 1.25. The maximum atomic E-state index is 13.0. The van der Waals surface area contributed by atoms with Gasteiger partial charge in [-0.15, -0.1) is 0 Å². The van der Waals surface area contributed by atoms with E-state index in [0.29, 0.717) is 12.1 Å². The highest BCUT2D eigenvalue weighted by molar-refractivity contribution is 5.71. The van der Waals surface area contributed by atoms with Crippen LogP contribution in [0.15, 0.2) is 18.2 Å². The molecule has 106 valence electrons. The molecule has 0 fully saturated rings. The van der Waals surface area contributed by atoms with Crippen LogP contribution in [0.4, 0.5) is 17.6 Å². The van der Waals surface area contributed by atoms with Gasteiger partial charge in [-0.3, -0.25) is 0 Å². The number of rotatable bonds is 4. The highest BCUT2D eigenvalue weighted by atomic mass is 19.4. The molecule has 0 aromatic heterocycles. The first-order valence-corrected chi connectivity index (χ1v) is 5.39. The predicted octanol–water partition coefficient (Wildman–Crippen LogP) is 3.17. The van der Waals surface area contributed by atoms with Crippen molar-refractivity contribution < 1.29 is 31.8 Å². The minimum Gasteiger partial charge on any atom is -0.482 e. The van der Waals surface area contributed by atoms with Crippen molar-refractivity contribution in [1.29, 1.82) is 0 Å². The highest BCUT2D eigenvalue weighted by Crippen LogP contribution is 2.33. The Morgan fingerprint density at radius 2 is 1.95 bits per heavy atom. The molecule has 1 rings (SSSR count). The van der Waals surface area contributed by atoms with E-state index >= 15 is 0 Å². The molecule has 19 heavy (non-hydrogen) atoms. The molecule has 3 nitrogen and oxygen atoms in total. The molecule has 0 saturated heterocycles. The monoisotopic (exact) mass is 280 g/mol. The summed E-state index contributed by atoms with van der Waals surface area (Å²) in [7, 11) is 0. The van der Waals surface area contributed by atoms with Crippen molar-refractivity contribution in [2.45, 2.75) is 26.1 Å². The summed E-state index contributed by atoms with van der Waals surface area (Å²) in [4.78, 5) is 11.1. The molecule has 7 heteroatoms. The normalized spacial score (nSPS) is 11.5. The Labute approximate surface area is 107 Å². The van der Waals surface area contributed by atoms with Crippen LogP contribution in [-0.2, 0) is 15.7 Å². The van der Waals surface area contributed by atoms with Gasteiger partial charge >= 0.3 is 12.1 Å². The fourth-order valence-electron chi connectivity index (χ4n) is 1.25. The third kappa shape index (κ3) is 4.76. The van der Waals surface area contributed by atoms with Crippen LogP contribution < -0.4 is 4.74 Å². The van der Waals surface area contributed by atoms with Gasteiger partial charge in [0, 0.05) is 0 Å². The molecular weight excluding hydrogens is 268 g/mol. The maximum absolute atomic E-state index is 13.0. The maximum Gasteiger partial charge on any atom is 0.419 e. The third-order valence-corrected chi connectivity index (χ3v) is 1.97. The first-order chi connectivity index (χ1) is 8.70. The molecule has 0 aliphatic heterocycles. The quantitative estimate of drug-likeness (QED) is 0.627. The molecule has 0 saturated carbocycles. The lowest BCUT2D eigenvalue weighted by atomic mass is 10.2. The van der Waals surface area contributed by atoms with Gasteiger partial charge in [0.25, 0.3) is 0 Å². The van der Waals surface area contributed by atoms with Crippen molar-refractivity contribution >= 4 is 5.97 Å². The Morgan fingerprint density at radius 1 is 1.32 bits per heavy atom. The van der Waals surface area contributed by atoms with Gasteiger partial charge in [0.15, 0.2) is 6.61 Å². The van der Waals surface area contributed by atoms with E-state index in [1.54, 1.807) is 13.8 Å². The standard InChI is InChI=1S/C12H12F4O3/c1-7(2)19-11(17)6-18-8-3-4-10(13)9(5-8)12(14,15)16/h3-5,7H,6H2,1-2H3. The number of benzene rings is 1. The van der Waals surface area contributed by atoms with E-state index in [-0.39, 0.29) is 11.9 Å². The van der Waals surface area contributed by atoms with E-state index in [1.807, 2.05) is 0 Å². The molecule has 0 bridgehead atoms. The zero-order chi connectivity index (χ0) is 14.6. The topological polar surface area (TPSA) is 35.5 Å². The number of carbonyl (C=O) groups is 1. The van der Waals surface area contributed by atoms with E-state index in [4.69, 9.17) is 9.47 Å². The van der Waals surface area contributed by atoms with E-state index in [2.05, 4.69) is 0 Å². The minimum atomic E-state index is -4.82. The lowest BCUT2D eigenvalue weighted by molar-refractivity contribution is -0.149. The summed E-state index contributed by atoms with van der Waals surface area (Å²) in [6, 6.07) is 2.14. The van der Waals surface area contributed by atoms with Crippen LogP contribution in [-0.4, -0.2) is 18.7 Å². The zero-order valence-electron chi connectivity index (χ0n) is 10.3. The van der Waals surface area contributed by atoms with Crippen LogP contribution in [0.5, 0.6) is 5.75 Å². The van der Waals surface area contributed by atoms with Crippen molar-refractivity contribution in [2.75, 3.05) is 6.61 Å². The van der Waals surface area contributed by atoms with Gasteiger partial charge in [0.1, 0.15) is 11.6 Å².